The molecule has 0 saturated carbocycles. The van der Waals surface area contributed by atoms with E-state index >= 15 is 0 Å². The third-order valence-electron chi connectivity index (χ3n) is 3.67. The topological polar surface area (TPSA) is 37.0 Å². The molecule has 1 aliphatic heterocycles. The average Bonchev–Trinajstić information content (AvgIpc) is 2.83. The summed E-state index contributed by atoms with van der Waals surface area (Å²) >= 11 is 0. The molecular formula is C14H18N2O. The van der Waals surface area contributed by atoms with Crippen LogP contribution >= 0.6 is 0 Å². The first kappa shape index (κ1) is 10.7. The summed E-state index contributed by atoms with van der Waals surface area (Å²) in [5, 5.41) is 4.78. The Hall–Kier alpha value is -1.48. The number of para-hydroxylation sites is 1. The number of hydrogen-bond acceptors (Lipinski definition) is 2. The monoisotopic (exact) mass is 230 g/mol. The Bertz CT molecular complexity index is 512. The third-order valence-corrected chi connectivity index (χ3v) is 3.67. The number of aromatic amines is 1. The van der Waals surface area contributed by atoms with E-state index in [0.29, 0.717) is 5.92 Å². The molecule has 3 heteroatoms. The number of methoxy groups -OCH3 is 1. The molecule has 3 nitrogen and oxygen atoms in total. The highest BCUT2D eigenvalue weighted by Gasteiger charge is 2.19. The van der Waals surface area contributed by atoms with Crippen LogP contribution in [0.1, 0.15) is 24.3 Å². The van der Waals surface area contributed by atoms with Crippen molar-refractivity contribution in [2.24, 2.45) is 0 Å². The van der Waals surface area contributed by atoms with Gasteiger partial charge in [-0.25, -0.2) is 0 Å². The molecule has 0 amide bonds. The van der Waals surface area contributed by atoms with Gasteiger partial charge in [0, 0.05) is 18.1 Å². The fourth-order valence-corrected chi connectivity index (χ4v) is 2.77. The molecule has 1 saturated heterocycles. The van der Waals surface area contributed by atoms with Gasteiger partial charge in [0.05, 0.1) is 12.6 Å². The minimum absolute atomic E-state index is 0.629. The van der Waals surface area contributed by atoms with E-state index in [1.807, 2.05) is 6.07 Å². The summed E-state index contributed by atoms with van der Waals surface area (Å²) in [5.74, 6) is 1.56. The van der Waals surface area contributed by atoms with Crippen molar-refractivity contribution in [1.82, 2.24) is 10.3 Å². The largest absolute Gasteiger partial charge is 0.495 e. The maximum Gasteiger partial charge on any atom is 0.142 e. The van der Waals surface area contributed by atoms with Gasteiger partial charge in [0.15, 0.2) is 0 Å². The molecule has 2 N–H and O–H groups in total. The Balaban J connectivity index is 2.05. The van der Waals surface area contributed by atoms with Crippen LogP contribution in [0.25, 0.3) is 10.9 Å². The fraction of sp³-hybridized carbons (Fsp3) is 0.429. The van der Waals surface area contributed by atoms with E-state index in [1.165, 1.54) is 23.8 Å². The molecule has 1 atom stereocenters. The highest BCUT2D eigenvalue weighted by Crippen LogP contribution is 2.33. The quantitative estimate of drug-likeness (QED) is 0.832. The van der Waals surface area contributed by atoms with Crippen molar-refractivity contribution in [3.05, 3.63) is 30.0 Å². The number of rotatable bonds is 2. The molecule has 1 aliphatic rings. The zero-order valence-corrected chi connectivity index (χ0v) is 10.1. The SMILES string of the molecule is COc1cccc2c([C@@H]3CCCNC3)c[nH]c12. The Kier molecular flexibility index (Phi) is 2.77. The Morgan fingerprint density at radius 2 is 2.29 bits per heavy atom. The zero-order chi connectivity index (χ0) is 11.7. The second-order valence-electron chi connectivity index (χ2n) is 4.67. The van der Waals surface area contributed by atoms with Gasteiger partial charge < -0.3 is 15.0 Å². The molecular weight excluding hydrogens is 212 g/mol. The number of hydrogen-bond donors (Lipinski definition) is 2. The first-order valence-electron chi connectivity index (χ1n) is 6.25. The standard InChI is InChI=1S/C14H18N2O/c1-17-13-6-2-5-11-12(9-16-14(11)13)10-4-3-7-15-8-10/h2,5-6,9-10,15-16H,3-4,7-8H2,1H3/t10-/m1/s1. The second kappa shape index (κ2) is 4.41. The molecule has 17 heavy (non-hydrogen) atoms. The van der Waals surface area contributed by atoms with Crippen LogP contribution in [0.3, 0.4) is 0 Å². The van der Waals surface area contributed by atoms with Crippen LogP contribution in [0.5, 0.6) is 5.75 Å². The second-order valence-corrected chi connectivity index (χ2v) is 4.67. The fourth-order valence-electron chi connectivity index (χ4n) is 2.77. The molecule has 1 aromatic heterocycles. The maximum absolute atomic E-state index is 5.38. The summed E-state index contributed by atoms with van der Waals surface area (Å²) in [6, 6.07) is 6.24. The van der Waals surface area contributed by atoms with Crippen molar-refractivity contribution in [3.8, 4) is 5.75 Å². The molecule has 1 fully saturated rings. The summed E-state index contributed by atoms with van der Waals surface area (Å²) < 4.78 is 5.38. The molecule has 0 bridgehead atoms. The number of benzene rings is 1. The average molecular weight is 230 g/mol. The minimum Gasteiger partial charge on any atom is -0.495 e. The van der Waals surface area contributed by atoms with Crippen molar-refractivity contribution in [3.63, 3.8) is 0 Å². The highest BCUT2D eigenvalue weighted by atomic mass is 16.5. The van der Waals surface area contributed by atoms with Gasteiger partial charge in [-0.3, -0.25) is 0 Å². The Labute approximate surface area is 101 Å². The molecule has 0 radical (unpaired) electrons. The summed E-state index contributed by atoms with van der Waals surface area (Å²) in [6.45, 7) is 2.24. The summed E-state index contributed by atoms with van der Waals surface area (Å²) in [6.07, 6.45) is 4.68. The van der Waals surface area contributed by atoms with Gasteiger partial charge in [-0.1, -0.05) is 12.1 Å². The number of H-pyrrole nitrogens is 1. The summed E-state index contributed by atoms with van der Waals surface area (Å²) in [7, 11) is 1.72. The van der Waals surface area contributed by atoms with Gasteiger partial charge in [-0.05, 0) is 36.9 Å². The van der Waals surface area contributed by atoms with Gasteiger partial charge in [0.2, 0.25) is 0 Å². The van der Waals surface area contributed by atoms with Gasteiger partial charge >= 0.3 is 0 Å². The number of fused-ring (bicyclic) bond motifs is 1. The van der Waals surface area contributed by atoms with Crippen molar-refractivity contribution in [1.29, 1.82) is 0 Å². The van der Waals surface area contributed by atoms with E-state index in [-0.39, 0.29) is 0 Å². The van der Waals surface area contributed by atoms with Crippen LogP contribution < -0.4 is 10.1 Å². The van der Waals surface area contributed by atoms with Gasteiger partial charge in [0.25, 0.3) is 0 Å². The first-order valence-corrected chi connectivity index (χ1v) is 6.25. The summed E-state index contributed by atoms with van der Waals surface area (Å²) in [4.78, 5) is 3.35. The van der Waals surface area contributed by atoms with E-state index in [4.69, 9.17) is 4.74 Å². The number of piperidine rings is 1. The van der Waals surface area contributed by atoms with E-state index in [0.717, 1.165) is 24.4 Å². The van der Waals surface area contributed by atoms with Crippen molar-refractivity contribution < 1.29 is 4.74 Å². The Morgan fingerprint density at radius 3 is 3.06 bits per heavy atom. The molecule has 0 spiro atoms. The lowest BCUT2D eigenvalue weighted by atomic mass is 9.91. The first-order chi connectivity index (χ1) is 8.40. The maximum atomic E-state index is 5.38. The van der Waals surface area contributed by atoms with Gasteiger partial charge in [-0.2, -0.15) is 0 Å². The smallest absolute Gasteiger partial charge is 0.142 e. The van der Waals surface area contributed by atoms with Crippen molar-refractivity contribution in [2.75, 3.05) is 20.2 Å². The van der Waals surface area contributed by atoms with E-state index < -0.39 is 0 Å². The predicted octanol–water partition coefficient (Wildman–Crippen LogP) is 2.64. The molecule has 90 valence electrons. The van der Waals surface area contributed by atoms with Crippen molar-refractivity contribution in [2.45, 2.75) is 18.8 Å². The van der Waals surface area contributed by atoms with Gasteiger partial charge in [0.1, 0.15) is 5.75 Å². The molecule has 2 heterocycles. The van der Waals surface area contributed by atoms with Crippen LogP contribution in [0, 0.1) is 0 Å². The number of ether oxygens (including phenoxy) is 1. The highest BCUT2D eigenvalue weighted by molar-refractivity contribution is 5.88. The normalized spacial score (nSPS) is 20.6. The Morgan fingerprint density at radius 1 is 1.35 bits per heavy atom. The molecule has 1 aromatic carbocycles. The molecule has 3 rings (SSSR count). The molecule has 0 unspecified atom stereocenters. The van der Waals surface area contributed by atoms with Crippen LogP contribution in [0.4, 0.5) is 0 Å². The van der Waals surface area contributed by atoms with Gasteiger partial charge in [-0.15, -0.1) is 0 Å². The number of nitrogens with one attached hydrogen (secondary N) is 2. The van der Waals surface area contributed by atoms with E-state index in [9.17, 15) is 0 Å². The van der Waals surface area contributed by atoms with Crippen molar-refractivity contribution >= 4 is 10.9 Å². The third kappa shape index (κ3) is 1.80. The van der Waals surface area contributed by atoms with Crippen LogP contribution in [0.2, 0.25) is 0 Å². The minimum atomic E-state index is 0.629. The molecule has 2 aromatic rings. The lowest BCUT2D eigenvalue weighted by molar-refractivity contribution is 0.419. The summed E-state index contributed by atoms with van der Waals surface area (Å²) in [5.41, 5.74) is 2.54. The van der Waals surface area contributed by atoms with Crippen LogP contribution in [-0.2, 0) is 0 Å². The lowest BCUT2D eigenvalue weighted by Crippen LogP contribution is -2.28. The molecule has 0 aliphatic carbocycles. The zero-order valence-electron chi connectivity index (χ0n) is 10.1. The van der Waals surface area contributed by atoms with Crippen LogP contribution in [0.15, 0.2) is 24.4 Å². The predicted molar refractivity (Wildman–Crippen MR) is 69.7 cm³/mol. The van der Waals surface area contributed by atoms with Crippen LogP contribution in [-0.4, -0.2) is 25.2 Å². The lowest BCUT2D eigenvalue weighted by Gasteiger charge is -2.22. The van der Waals surface area contributed by atoms with E-state index in [1.54, 1.807) is 7.11 Å². The van der Waals surface area contributed by atoms with E-state index in [2.05, 4.69) is 28.6 Å². The number of aromatic nitrogens is 1.